The summed E-state index contributed by atoms with van der Waals surface area (Å²) in [5, 5.41) is 11.9. The lowest BCUT2D eigenvalue weighted by atomic mass is 10.1. The first-order chi connectivity index (χ1) is 13.6. The van der Waals surface area contributed by atoms with Crippen LogP contribution in [-0.2, 0) is 16.9 Å². The molecule has 1 aromatic heterocycles. The lowest BCUT2D eigenvalue weighted by molar-refractivity contribution is -0.384. The number of ether oxygens (including phenoxy) is 1. The van der Waals surface area contributed by atoms with Crippen LogP contribution in [0.3, 0.4) is 0 Å². The van der Waals surface area contributed by atoms with Crippen molar-refractivity contribution in [1.29, 1.82) is 0 Å². The maximum Gasteiger partial charge on any atom is 0.295 e. The molecule has 3 aromatic rings. The number of sulfone groups is 1. The fourth-order valence-electron chi connectivity index (χ4n) is 3.49. The number of aromatic nitrogens is 1. The Labute approximate surface area is 169 Å². The first-order valence-corrected chi connectivity index (χ1v) is 10.7. The summed E-state index contributed by atoms with van der Waals surface area (Å²) >= 11 is 0. The minimum absolute atomic E-state index is 0.0595. The highest BCUT2D eigenvalue weighted by molar-refractivity contribution is 7.91. The maximum absolute atomic E-state index is 13.0. The molecule has 0 aliphatic carbocycles. The Bertz CT molecular complexity index is 1200. The van der Waals surface area contributed by atoms with E-state index in [0.29, 0.717) is 22.3 Å². The summed E-state index contributed by atoms with van der Waals surface area (Å²) in [6, 6.07) is 10.0. The Morgan fingerprint density at radius 3 is 2.34 bits per heavy atom. The average Bonchev–Trinajstić information content (AvgIpc) is 2.98. The van der Waals surface area contributed by atoms with Crippen molar-refractivity contribution in [3.63, 3.8) is 0 Å². The third-order valence-corrected chi connectivity index (χ3v) is 6.88. The van der Waals surface area contributed by atoms with Crippen LogP contribution in [-0.4, -0.2) is 30.8 Å². The van der Waals surface area contributed by atoms with Crippen LogP contribution in [0, 0.1) is 16.0 Å². The molecule has 8 nitrogen and oxygen atoms in total. The number of nitrogen functional groups attached to an aromatic ring is 1. The summed E-state index contributed by atoms with van der Waals surface area (Å²) in [5.41, 5.74) is 7.44. The molecular weight excluding hydrogens is 394 g/mol. The number of nitro groups is 1. The maximum atomic E-state index is 13.0. The molecule has 0 bridgehead atoms. The molecule has 0 radical (unpaired) electrons. The normalized spacial score (nSPS) is 11.9. The molecule has 0 amide bonds. The second-order valence-electron chi connectivity index (χ2n) is 7.32. The molecule has 0 atom stereocenters. The van der Waals surface area contributed by atoms with Crippen LogP contribution in [0.2, 0.25) is 0 Å². The zero-order valence-electron chi connectivity index (χ0n) is 16.7. The molecule has 1 heterocycles. The Hall–Kier alpha value is -3.07. The minimum atomic E-state index is -3.75. The molecule has 0 aliphatic heterocycles. The number of hydrogen-bond donors (Lipinski definition) is 1. The number of fused-ring (bicyclic) bond motifs is 1. The number of nitro benzene ring substituents is 1. The Morgan fingerprint density at radius 1 is 1.21 bits per heavy atom. The average molecular weight is 417 g/mol. The lowest BCUT2D eigenvalue weighted by Crippen LogP contribution is -2.13. The van der Waals surface area contributed by atoms with Gasteiger partial charge in [0, 0.05) is 24.2 Å². The van der Waals surface area contributed by atoms with Crippen LogP contribution in [0.25, 0.3) is 22.2 Å². The van der Waals surface area contributed by atoms with Crippen LogP contribution in [0.1, 0.15) is 13.8 Å². The van der Waals surface area contributed by atoms with E-state index in [9.17, 15) is 18.5 Å². The molecule has 29 heavy (non-hydrogen) atoms. The van der Waals surface area contributed by atoms with Crippen molar-refractivity contribution in [2.24, 2.45) is 13.0 Å². The summed E-state index contributed by atoms with van der Waals surface area (Å²) in [6.07, 6.45) is 0. The van der Waals surface area contributed by atoms with Crippen molar-refractivity contribution >= 4 is 32.1 Å². The van der Waals surface area contributed by atoms with Gasteiger partial charge in [0.25, 0.3) is 5.69 Å². The predicted molar refractivity (Wildman–Crippen MR) is 113 cm³/mol. The number of anilines is 1. The van der Waals surface area contributed by atoms with E-state index >= 15 is 0 Å². The van der Waals surface area contributed by atoms with E-state index in [1.807, 2.05) is 12.1 Å². The van der Waals surface area contributed by atoms with E-state index < -0.39 is 20.4 Å². The third-order valence-electron chi connectivity index (χ3n) is 4.77. The topological polar surface area (TPSA) is 117 Å². The van der Waals surface area contributed by atoms with Gasteiger partial charge < -0.3 is 15.0 Å². The fraction of sp³-hybridized carbons (Fsp3) is 0.300. The predicted octanol–water partition coefficient (Wildman–Crippen LogP) is 3.77. The molecule has 0 saturated carbocycles. The van der Waals surface area contributed by atoms with Gasteiger partial charge >= 0.3 is 0 Å². The van der Waals surface area contributed by atoms with E-state index in [0.717, 1.165) is 11.6 Å². The molecule has 0 unspecified atom stereocenters. The molecule has 3 rings (SSSR count). The second kappa shape index (κ2) is 7.40. The quantitative estimate of drug-likeness (QED) is 0.370. The number of aryl methyl sites for hydroxylation is 1. The van der Waals surface area contributed by atoms with Gasteiger partial charge in [0.1, 0.15) is 11.4 Å². The molecule has 9 heteroatoms. The van der Waals surface area contributed by atoms with E-state index in [2.05, 4.69) is 0 Å². The van der Waals surface area contributed by atoms with Crippen LogP contribution in [0.15, 0.2) is 41.3 Å². The van der Waals surface area contributed by atoms with Gasteiger partial charge in [-0.1, -0.05) is 13.8 Å². The second-order valence-corrected chi connectivity index (χ2v) is 9.32. The molecule has 154 valence electrons. The number of hydrogen-bond acceptors (Lipinski definition) is 6. The van der Waals surface area contributed by atoms with Gasteiger partial charge in [-0.2, -0.15) is 0 Å². The van der Waals surface area contributed by atoms with Crippen LogP contribution >= 0.6 is 0 Å². The highest BCUT2D eigenvalue weighted by Gasteiger charge is 2.28. The van der Waals surface area contributed by atoms with Crippen molar-refractivity contribution < 1.29 is 18.1 Å². The zero-order chi connectivity index (χ0) is 21.5. The fourth-order valence-corrected chi connectivity index (χ4v) is 5.33. The third kappa shape index (κ3) is 3.65. The molecule has 0 spiro atoms. The smallest absolute Gasteiger partial charge is 0.295 e. The largest absolute Gasteiger partial charge is 0.497 e. The summed E-state index contributed by atoms with van der Waals surface area (Å²) in [7, 11) is -0.472. The summed E-state index contributed by atoms with van der Waals surface area (Å²) in [6.45, 7) is 3.57. The van der Waals surface area contributed by atoms with E-state index in [1.54, 1.807) is 50.8 Å². The van der Waals surface area contributed by atoms with Gasteiger partial charge in [-0.25, -0.2) is 8.42 Å². The van der Waals surface area contributed by atoms with E-state index in [4.69, 9.17) is 10.5 Å². The number of methoxy groups -OCH3 is 1. The summed E-state index contributed by atoms with van der Waals surface area (Å²) < 4.78 is 32.9. The number of nitrogens with zero attached hydrogens (tertiary/aromatic N) is 2. The first kappa shape index (κ1) is 20.7. The van der Waals surface area contributed by atoms with Gasteiger partial charge in [-0.15, -0.1) is 0 Å². The summed E-state index contributed by atoms with van der Waals surface area (Å²) in [4.78, 5) is 10.8. The van der Waals surface area contributed by atoms with Gasteiger partial charge in [0.15, 0.2) is 9.84 Å². The molecule has 2 aromatic carbocycles. The minimum Gasteiger partial charge on any atom is -0.497 e. The van der Waals surface area contributed by atoms with Crippen molar-refractivity contribution in [3.05, 3.63) is 46.5 Å². The standard InChI is InChI=1S/C20H23N3O5S/c1-12(2)11-29(26,27)18-10-17(23(24)25)19(21)20-15(18)9-16(22(20)3)13-5-7-14(28-4)8-6-13/h5-10,12H,11,21H2,1-4H3. The Kier molecular flexibility index (Phi) is 5.27. The van der Waals surface area contributed by atoms with Crippen LogP contribution in [0.4, 0.5) is 11.4 Å². The van der Waals surface area contributed by atoms with Crippen molar-refractivity contribution in [3.8, 4) is 17.0 Å². The Balaban J connectivity index is 2.37. The number of nitrogens with two attached hydrogens (primary N) is 1. The molecule has 0 saturated heterocycles. The lowest BCUT2D eigenvalue weighted by Gasteiger charge is -2.11. The van der Waals surface area contributed by atoms with Crippen LogP contribution < -0.4 is 10.5 Å². The molecular formula is C20H23N3O5S. The van der Waals surface area contributed by atoms with Crippen molar-refractivity contribution in [2.45, 2.75) is 18.7 Å². The molecule has 2 N–H and O–H groups in total. The van der Waals surface area contributed by atoms with E-state index in [-0.39, 0.29) is 22.3 Å². The van der Waals surface area contributed by atoms with Gasteiger partial charge in [-0.3, -0.25) is 10.1 Å². The zero-order valence-corrected chi connectivity index (χ0v) is 17.5. The molecule has 0 aliphatic rings. The highest BCUT2D eigenvalue weighted by Crippen LogP contribution is 2.40. The number of benzene rings is 2. The number of rotatable bonds is 6. The van der Waals surface area contributed by atoms with Gasteiger partial charge in [0.05, 0.1) is 28.2 Å². The van der Waals surface area contributed by atoms with Gasteiger partial charge in [-0.05, 0) is 41.8 Å². The van der Waals surface area contributed by atoms with Gasteiger partial charge in [0.2, 0.25) is 0 Å². The summed E-state index contributed by atoms with van der Waals surface area (Å²) in [5.74, 6) is 0.440. The molecule has 0 fully saturated rings. The SMILES string of the molecule is COc1ccc(-c2cc3c(S(=O)(=O)CC(C)C)cc([N+](=O)[O-])c(N)c3n2C)cc1. The first-order valence-electron chi connectivity index (χ1n) is 9.00. The monoisotopic (exact) mass is 417 g/mol. The Morgan fingerprint density at radius 2 is 1.83 bits per heavy atom. The highest BCUT2D eigenvalue weighted by atomic mass is 32.2. The van der Waals surface area contributed by atoms with E-state index in [1.165, 1.54) is 0 Å². The van der Waals surface area contributed by atoms with Crippen molar-refractivity contribution in [2.75, 3.05) is 18.6 Å². The van der Waals surface area contributed by atoms with Crippen molar-refractivity contribution in [1.82, 2.24) is 4.57 Å². The van der Waals surface area contributed by atoms with Crippen LogP contribution in [0.5, 0.6) is 5.75 Å².